The zero-order valence-electron chi connectivity index (χ0n) is 7.38. The fourth-order valence-corrected chi connectivity index (χ4v) is 2.46. The number of hydrogen-bond donors (Lipinski definition) is 2. The maximum atomic E-state index is 7.18. The highest BCUT2D eigenvalue weighted by atomic mass is 32.2. The Kier molecular flexibility index (Phi) is 3.88. The van der Waals surface area contributed by atoms with Crippen LogP contribution in [0.3, 0.4) is 0 Å². The predicted octanol–water partition coefficient (Wildman–Crippen LogP) is 1.22. The Morgan fingerprint density at radius 3 is 2.75 bits per heavy atom. The molecule has 0 bridgehead atoms. The lowest BCUT2D eigenvalue weighted by Crippen LogP contribution is -2.33. The Morgan fingerprint density at radius 1 is 1.75 bits per heavy atom. The van der Waals surface area contributed by atoms with Crippen molar-refractivity contribution in [1.82, 2.24) is 0 Å². The van der Waals surface area contributed by atoms with Crippen LogP contribution >= 0.6 is 11.8 Å². The topological polar surface area (TPSA) is 59.1 Å². The minimum Gasteiger partial charge on any atom is -0.388 e. The lowest BCUT2D eigenvalue weighted by Gasteiger charge is -2.28. The van der Waals surface area contributed by atoms with Crippen molar-refractivity contribution < 1.29 is 4.74 Å². The lowest BCUT2D eigenvalue weighted by molar-refractivity contribution is 0.0453. The highest BCUT2D eigenvalue weighted by Gasteiger charge is 2.22. The molecule has 0 radical (unpaired) electrons. The Labute approximate surface area is 77.5 Å². The van der Waals surface area contributed by atoms with Gasteiger partial charge in [0.1, 0.15) is 0 Å². The maximum absolute atomic E-state index is 7.18. The molecule has 0 aromatic rings. The highest BCUT2D eigenvalue weighted by molar-refractivity contribution is 8.00. The van der Waals surface area contributed by atoms with E-state index in [0.717, 1.165) is 26.1 Å². The van der Waals surface area contributed by atoms with Crippen LogP contribution in [0, 0.1) is 5.41 Å². The smallest absolute Gasteiger partial charge is 0.0916 e. The van der Waals surface area contributed by atoms with Crippen LogP contribution in [0.25, 0.3) is 0 Å². The van der Waals surface area contributed by atoms with E-state index >= 15 is 0 Å². The minimum atomic E-state index is 0.301. The Bertz CT molecular complexity index is 159. The van der Waals surface area contributed by atoms with Crippen molar-refractivity contribution in [2.45, 2.75) is 30.3 Å². The van der Waals surface area contributed by atoms with Gasteiger partial charge in [0.25, 0.3) is 0 Å². The van der Waals surface area contributed by atoms with Crippen LogP contribution in [0.4, 0.5) is 0 Å². The Balaban J connectivity index is 2.19. The average molecular weight is 188 g/mol. The molecule has 0 aromatic carbocycles. The van der Waals surface area contributed by atoms with Crippen LogP contribution in [-0.4, -0.2) is 29.5 Å². The van der Waals surface area contributed by atoms with E-state index in [1.54, 1.807) is 0 Å². The van der Waals surface area contributed by atoms with Gasteiger partial charge < -0.3 is 10.5 Å². The van der Waals surface area contributed by atoms with Crippen molar-refractivity contribution in [3.63, 3.8) is 0 Å². The summed E-state index contributed by atoms with van der Waals surface area (Å²) in [5.41, 5.74) is 5.34. The molecule has 0 spiro atoms. The van der Waals surface area contributed by atoms with E-state index in [4.69, 9.17) is 15.9 Å². The average Bonchev–Trinajstić information content (AvgIpc) is 1.93. The third kappa shape index (κ3) is 3.03. The molecule has 0 amide bonds. The van der Waals surface area contributed by atoms with Gasteiger partial charge in [0.15, 0.2) is 0 Å². The quantitative estimate of drug-likeness (QED) is 0.504. The largest absolute Gasteiger partial charge is 0.388 e. The van der Waals surface area contributed by atoms with Gasteiger partial charge in [-0.1, -0.05) is 6.92 Å². The van der Waals surface area contributed by atoms with Gasteiger partial charge in [-0.3, -0.25) is 5.41 Å². The first kappa shape index (κ1) is 9.86. The van der Waals surface area contributed by atoms with Gasteiger partial charge in [-0.05, 0) is 6.42 Å². The van der Waals surface area contributed by atoms with E-state index in [-0.39, 0.29) is 0 Å². The van der Waals surface area contributed by atoms with E-state index in [2.05, 4.69) is 6.92 Å². The van der Waals surface area contributed by atoms with Crippen molar-refractivity contribution in [2.24, 2.45) is 5.73 Å². The van der Waals surface area contributed by atoms with Crippen LogP contribution in [-0.2, 0) is 4.74 Å². The second kappa shape index (κ2) is 4.72. The van der Waals surface area contributed by atoms with Crippen LogP contribution in [0.5, 0.6) is 0 Å². The first-order valence-corrected chi connectivity index (χ1v) is 5.22. The van der Waals surface area contributed by atoms with Gasteiger partial charge in [0, 0.05) is 11.7 Å². The van der Waals surface area contributed by atoms with Crippen LogP contribution in [0.2, 0.25) is 0 Å². The number of hydrogen-bond acceptors (Lipinski definition) is 3. The molecular weight excluding hydrogens is 172 g/mol. The first-order valence-electron chi connectivity index (χ1n) is 4.28. The zero-order chi connectivity index (χ0) is 8.97. The summed E-state index contributed by atoms with van der Waals surface area (Å²) in [5.74, 6) is 0.301. The van der Waals surface area contributed by atoms with Gasteiger partial charge in [0.05, 0.1) is 24.3 Å². The molecule has 1 fully saturated rings. The standard InChI is InChI=1S/C8H16N2OS/c1-2-6(3-8(9)10)12-7-4-11-5-7/h6-7H,2-5H2,1H3,(H3,9,10). The van der Waals surface area contributed by atoms with Gasteiger partial charge in [0.2, 0.25) is 0 Å². The van der Waals surface area contributed by atoms with E-state index in [9.17, 15) is 0 Å². The summed E-state index contributed by atoms with van der Waals surface area (Å²) in [6, 6.07) is 0. The summed E-state index contributed by atoms with van der Waals surface area (Å²) in [7, 11) is 0. The molecule has 1 heterocycles. The molecule has 1 rings (SSSR count). The van der Waals surface area contributed by atoms with E-state index in [0.29, 0.717) is 16.3 Å². The van der Waals surface area contributed by atoms with Gasteiger partial charge >= 0.3 is 0 Å². The van der Waals surface area contributed by atoms with Crippen molar-refractivity contribution in [3.05, 3.63) is 0 Å². The molecule has 1 aliphatic heterocycles. The predicted molar refractivity (Wildman–Crippen MR) is 52.8 cm³/mol. The third-order valence-corrected chi connectivity index (χ3v) is 3.44. The molecule has 4 heteroatoms. The van der Waals surface area contributed by atoms with E-state index < -0.39 is 0 Å². The first-order chi connectivity index (χ1) is 5.72. The van der Waals surface area contributed by atoms with Crippen molar-refractivity contribution in [2.75, 3.05) is 13.2 Å². The second-order valence-electron chi connectivity index (χ2n) is 3.06. The molecule has 0 aromatic heterocycles. The van der Waals surface area contributed by atoms with Crippen LogP contribution in [0.15, 0.2) is 0 Å². The van der Waals surface area contributed by atoms with Crippen molar-refractivity contribution in [1.29, 1.82) is 5.41 Å². The summed E-state index contributed by atoms with van der Waals surface area (Å²) < 4.78 is 5.08. The summed E-state index contributed by atoms with van der Waals surface area (Å²) in [4.78, 5) is 0. The molecule has 1 atom stereocenters. The number of rotatable bonds is 5. The summed E-state index contributed by atoms with van der Waals surface area (Å²) >= 11 is 1.91. The van der Waals surface area contributed by atoms with Gasteiger partial charge in [-0.25, -0.2) is 0 Å². The third-order valence-electron chi connectivity index (χ3n) is 1.90. The van der Waals surface area contributed by atoms with E-state index in [1.807, 2.05) is 11.8 Å². The number of nitrogens with one attached hydrogen (secondary N) is 1. The molecule has 12 heavy (non-hydrogen) atoms. The molecule has 0 saturated carbocycles. The molecule has 70 valence electrons. The molecule has 1 saturated heterocycles. The Hall–Kier alpha value is -0.220. The fourth-order valence-electron chi connectivity index (χ4n) is 1.10. The van der Waals surface area contributed by atoms with Gasteiger partial charge in [-0.15, -0.1) is 11.8 Å². The summed E-state index contributed by atoms with van der Waals surface area (Å²) in [5, 5.41) is 8.34. The SMILES string of the molecule is CCC(CC(=N)N)SC1COC1. The number of nitrogens with two attached hydrogens (primary N) is 1. The number of amidine groups is 1. The minimum absolute atomic E-state index is 0.301. The molecular formula is C8H16N2OS. The second-order valence-corrected chi connectivity index (χ2v) is 4.66. The van der Waals surface area contributed by atoms with E-state index in [1.165, 1.54) is 0 Å². The summed E-state index contributed by atoms with van der Waals surface area (Å²) in [6.07, 6.45) is 1.80. The van der Waals surface area contributed by atoms with Crippen LogP contribution in [0.1, 0.15) is 19.8 Å². The lowest BCUT2D eigenvalue weighted by atomic mass is 10.2. The van der Waals surface area contributed by atoms with Crippen molar-refractivity contribution in [3.8, 4) is 0 Å². The number of ether oxygens (including phenoxy) is 1. The van der Waals surface area contributed by atoms with Gasteiger partial charge in [-0.2, -0.15) is 0 Å². The normalized spacial score (nSPS) is 20.1. The maximum Gasteiger partial charge on any atom is 0.0916 e. The highest BCUT2D eigenvalue weighted by Crippen LogP contribution is 2.27. The summed E-state index contributed by atoms with van der Waals surface area (Å²) in [6.45, 7) is 3.89. The molecule has 3 N–H and O–H groups in total. The molecule has 3 nitrogen and oxygen atoms in total. The Morgan fingerprint density at radius 2 is 2.42 bits per heavy atom. The molecule has 1 aliphatic rings. The van der Waals surface area contributed by atoms with Crippen molar-refractivity contribution >= 4 is 17.6 Å². The fraction of sp³-hybridized carbons (Fsp3) is 0.875. The number of thioether (sulfide) groups is 1. The molecule has 1 unspecified atom stereocenters. The molecule has 0 aliphatic carbocycles. The monoisotopic (exact) mass is 188 g/mol. The zero-order valence-corrected chi connectivity index (χ0v) is 8.19. The van der Waals surface area contributed by atoms with Crippen LogP contribution < -0.4 is 5.73 Å².